The van der Waals surface area contributed by atoms with Crippen LogP contribution in [0.15, 0.2) is 43.0 Å². The molecule has 1 aliphatic carbocycles. The number of halogens is 1. The van der Waals surface area contributed by atoms with Gasteiger partial charge in [-0.15, -0.1) is 0 Å². The molecule has 2 aromatic heterocycles. The van der Waals surface area contributed by atoms with Crippen LogP contribution in [0, 0.1) is 11.2 Å². The second-order valence-electron chi connectivity index (χ2n) is 10.1. The molecule has 1 aromatic carbocycles. The fourth-order valence-electron chi connectivity index (χ4n) is 5.63. The fraction of sp³-hybridized carbons (Fsp3) is 0.444. The van der Waals surface area contributed by atoms with E-state index >= 15 is 0 Å². The number of rotatable bonds is 6. The van der Waals surface area contributed by atoms with Crippen LogP contribution in [0.2, 0.25) is 0 Å². The summed E-state index contributed by atoms with van der Waals surface area (Å²) in [5.41, 5.74) is 3.44. The number of aromatic nitrogens is 3. The minimum absolute atomic E-state index is 0.232. The Bertz CT molecular complexity index is 1240. The lowest BCUT2D eigenvalue weighted by molar-refractivity contribution is -0.0350. The van der Waals surface area contributed by atoms with Crippen molar-refractivity contribution in [3.63, 3.8) is 0 Å². The summed E-state index contributed by atoms with van der Waals surface area (Å²) in [6.45, 7) is 6.81. The van der Waals surface area contributed by atoms with Gasteiger partial charge in [-0.1, -0.05) is 6.92 Å². The van der Waals surface area contributed by atoms with Gasteiger partial charge in [0.1, 0.15) is 29.7 Å². The topological polar surface area (TPSA) is 72.4 Å². The molecular weight excluding hydrogens is 445 g/mol. The first-order valence-electron chi connectivity index (χ1n) is 12.4. The molecule has 7 nitrogen and oxygen atoms in total. The Morgan fingerprint density at radius 3 is 2.83 bits per heavy atom. The van der Waals surface area contributed by atoms with Crippen LogP contribution in [-0.2, 0) is 19.4 Å². The Kier molecular flexibility index (Phi) is 5.56. The number of ether oxygens (including phenoxy) is 2. The molecule has 1 atom stereocenters. The zero-order chi connectivity index (χ0) is 24.0. The second kappa shape index (κ2) is 8.75. The first kappa shape index (κ1) is 22.2. The van der Waals surface area contributed by atoms with E-state index in [1.165, 1.54) is 17.7 Å². The molecule has 0 bridgehead atoms. The molecule has 1 unspecified atom stereocenters. The van der Waals surface area contributed by atoms with E-state index in [-0.39, 0.29) is 17.3 Å². The molecular formula is C27H30FN5O2. The minimum Gasteiger partial charge on any atom is -0.490 e. The average Bonchev–Trinajstić information content (AvgIpc) is 2.81. The molecule has 182 valence electrons. The molecule has 6 rings (SSSR count). The number of pyridine rings is 1. The molecule has 2 aliphatic heterocycles. The summed E-state index contributed by atoms with van der Waals surface area (Å²) in [6.07, 6.45) is 9.02. The van der Waals surface area contributed by atoms with Crippen molar-refractivity contribution < 1.29 is 13.9 Å². The van der Waals surface area contributed by atoms with Crippen LogP contribution in [0.25, 0.3) is 0 Å². The van der Waals surface area contributed by atoms with Gasteiger partial charge in [0.2, 0.25) is 0 Å². The van der Waals surface area contributed by atoms with E-state index < -0.39 is 0 Å². The van der Waals surface area contributed by atoms with Crippen molar-refractivity contribution in [2.24, 2.45) is 5.41 Å². The van der Waals surface area contributed by atoms with E-state index in [0.717, 1.165) is 61.7 Å². The Morgan fingerprint density at radius 2 is 2.00 bits per heavy atom. The van der Waals surface area contributed by atoms with Gasteiger partial charge in [0.25, 0.3) is 0 Å². The molecule has 0 radical (unpaired) electrons. The van der Waals surface area contributed by atoms with Crippen LogP contribution >= 0.6 is 0 Å². The molecule has 4 heterocycles. The largest absolute Gasteiger partial charge is 0.490 e. The van der Waals surface area contributed by atoms with Gasteiger partial charge in [-0.25, -0.2) is 14.4 Å². The molecule has 3 aliphatic rings. The molecule has 1 saturated heterocycles. The Balaban J connectivity index is 1.09. The summed E-state index contributed by atoms with van der Waals surface area (Å²) in [4.78, 5) is 15.5. The summed E-state index contributed by atoms with van der Waals surface area (Å²) in [6, 6.07) is 7.05. The lowest BCUT2D eigenvalue weighted by Crippen LogP contribution is -2.65. The highest BCUT2D eigenvalue weighted by Crippen LogP contribution is 2.52. The molecule has 3 aromatic rings. The number of anilines is 1. The summed E-state index contributed by atoms with van der Waals surface area (Å²) < 4.78 is 26.2. The summed E-state index contributed by atoms with van der Waals surface area (Å²) >= 11 is 0. The third kappa shape index (κ3) is 4.20. The van der Waals surface area contributed by atoms with Crippen LogP contribution in [0.5, 0.6) is 17.2 Å². The van der Waals surface area contributed by atoms with Crippen molar-refractivity contribution in [3.8, 4) is 17.2 Å². The zero-order valence-corrected chi connectivity index (χ0v) is 20.1. The van der Waals surface area contributed by atoms with Crippen molar-refractivity contribution in [1.29, 1.82) is 0 Å². The summed E-state index contributed by atoms with van der Waals surface area (Å²) in [7, 11) is 0. The average molecular weight is 476 g/mol. The number of nitrogens with zero attached hydrogens (tertiary/aromatic N) is 4. The zero-order valence-electron chi connectivity index (χ0n) is 20.1. The third-order valence-electron chi connectivity index (χ3n) is 7.48. The molecule has 0 amide bonds. The number of benzene rings is 1. The minimum atomic E-state index is -0.261. The Morgan fingerprint density at radius 1 is 1.14 bits per heavy atom. The van der Waals surface area contributed by atoms with Crippen LogP contribution in [0.3, 0.4) is 0 Å². The molecule has 8 heteroatoms. The molecule has 2 fully saturated rings. The maximum atomic E-state index is 13.6. The van der Waals surface area contributed by atoms with E-state index in [1.54, 1.807) is 18.6 Å². The van der Waals surface area contributed by atoms with E-state index in [1.807, 2.05) is 19.2 Å². The monoisotopic (exact) mass is 475 g/mol. The van der Waals surface area contributed by atoms with Gasteiger partial charge in [0.05, 0.1) is 11.9 Å². The molecule has 35 heavy (non-hydrogen) atoms. The fourth-order valence-corrected chi connectivity index (χ4v) is 5.63. The van der Waals surface area contributed by atoms with Crippen LogP contribution < -0.4 is 19.7 Å². The van der Waals surface area contributed by atoms with Gasteiger partial charge in [0, 0.05) is 49.3 Å². The normalized spacial score (nSPS) is 20.7. The van der Waals surface area contributed by atoms with Crippen molar-refractivity contribution in [2.45, 2.75) is 58.2 Å². The van der Waals surface area contributed by atoms with Crippen molar-refractivity contribution in [3.05, 3.63) is 65.6 Å². The smallest absolute Gasteiger partial charge is 0.188 e. The lowest BCUT2D eigenvalue weighted by atomic mass is 9.61. The lowest BCUT2D eigenvalue weighted by Gasteiger charge is -2.59. The standard InChI is InChI=1S/C27H30FN5O2/c1-3-18-9-19(28)4-5-23(18)35-25-13-29-16-32-26(25)33-14-27(15-33)10-20(11-27)34-24-6-7-30-22-8-17(2)31-12-21(22)24/h4-7,9,13,16-17,20,31H,3,8,10-12,14-15H2,1-2H3. The summed E-state index contributed by atoms with van der Waals surface area (Å²) in [5, 5.41) is 3.51. The van der Waals surface area contributed by atoms with Gasteiger partial charge in [0.15, 0.2) is 11.6 Å². The highest BCUT2D eigenvalue weighted by Gasteiger charge is 2.54. The maximum absolute atomic E-state index is 13.6. The second-order valence-corrected chi connectivity index (χ2v) is 10.1. The maximum Gasteiger partial charge on any atom is 0.188 e. The highest BCUT2D eigenvalue weighted by molar-refractivity contribution is 5.56. The van der Waals surface area contributed by atoms with Gasteiger partial charge >= 0.3 is 0 Å². The summed E-state index contributed by atoms with van der Waals surface area (Å²) in [5.74, 6) is 2.73. The van der Waals surface area contributed by atoms with Crippen LogP contribution in [0.1, 0.15) is 43.5 Å². The quantitative estimate of drug-likeness (QED) is 0.565. The van der Waals surface area contributed by atoms with Crippen LogP contribution in [0.4, 0.5) is 10.2 Å². The van der Waals surface area contributed by atoms with E-state index in [9.17, 15) is 4.39 Å². The first-order chi connectivity index (χ1) is 17.0. The Hall–Kier alpha value is -3.26. The van der Waals surface area contributed by atoms with E-state index in [4.69, 9.17) is 9.47 Å². The van der Waals surface area contributed by atoms with E-state index in [2.05, 4.69) is 32.1 Å². The first-order valence-corrected chi connectivity index (χ1v) is 12.4. The van der Waals surface area contributed by atoms with Gasteiger partial charge < -0.3 is 19.7 Å². The third-order valence-corrected chi connectivity index (χ3v) is 7.48. The van der Waals surface area contributed by atoms with Gasteiger partial charge in [-0.2, -0.15) is 0 Å². The number of aryl methyl sites for hydroxylation is 1. The van der Waals surface area contributed by atoms with Crippen molar-refractivity contribution in [2.75, 3.05) is 18.0 Å². The number of hydrogen-bond acceptors (Lipinski definition) is 7. The SMILES string of the molecule is CCc1cc(F)ccc1Oc1cncnc1N1CC2(CC(Oc3ccnc4c3CNC(C)C4)C2)C1. The molecule has 1 saturated carbocycles. The van der Waals surface area contributed by atoms with Gasteiger partial charge in [-0.05, 0) is 56.0 Å². The number of fused-ring (bicyclic) bond motifs is 1. The number of hydrogen-bond donors (Lipinski definition) is 1. The van der Waals surface area contributed by atoms with Crippen molar-refractivity contribution >= 4 is 5.82 Å². The van der Waals surface area contributed by atoms with E-state index in [0.29, 0.717) is 24.0 Å². The highest BCUT2D eigenvalue weighted by atomic mass is 19.1. The number of nitrogens with one attached hydrogen (secondary N) is 1. The van der Waals surface area contributed by atoms with Crippen LogP contribution in [-0.4, -0.2) is 40.2 Å². The molecule has 1 spiro atoms. The Labute approximate surface area is 204 Å². The molecule has 1 N–H and O–H groups in total. The predicted octanol–water partition coefficient (Wildman–Crippen LogP) is 4.45. The predicted molar refractivity (Wildman–Crippen MR) is 130 cm³/mol. The van der Waals surface area contributed by atoms with Crippen molar-refractivity contribution in [1.82, 2.24) is 20.3 Å². The van der Waals surface area contributed by atoms with Gasteiger partial charge in [-0.3, -0.25) is 4.98 Å².